The van der Waals surface area contributed by atoms with E-state index in [0.29, 0.717) is 5.56 Å². The fourth-order valence-corrected chi connectivity index (χ4v) is 4.51. The molecule has 13 heteroatoms. The van der Waals surface area contributed by atoms with Crippen LogP contribution in [0.2, 0.25) is 0 Å². The molecule has 0 unspecified atom stereocenters. The number of amides is 2. The van der Waals surface area contributed by atoms with Crippen LogP contribution in [-0.4, -0.2) is 75.1 Å². The number of fused-ring (bicyclic) bond motifs is 1. The monoisotopic (exact) mass is 495 g/mol. The number of nitrogens with zero attached hydrogens (tertiary/aromatic N) is 2. The highest BCUT2D eigenvalue weighted by molar-refractivity contribution is 8.00. The van der Waals surface area contributed by atoms with Crippen molar-refractivity contribution in [1.29, 1.82) is 0 Å². The number of alkyl halides is 1. The van der Waals surface area contributed by atoms with Gasteiger partial charge in [0.1, 0.15) is 29.6 Å². The van der Waals surface area contributed by atoms with Gasteiger partial charge in [-0.1, -0.05) is 35.5 Å². The average molecular weight is 496 g/mol. The van der Waals surface area contributed by atoms with Crippen LogP contribution >= 0.6 is 23.4 Å². The number of hydrogen-bond donors (Lipinski definition) is 2. The first-order valence-electron chi connectivity index (χ1n) is 9.48. The van der Waals surface area contributed by atoms with Crippen molar-refractivity contribution >= 4 is 58.8 Å². The molecule has 1 fully saturated rings. The Kier molecular flexibility index (Phi) is 7.71. The predicted molar refractivity (Wildman–Crippen MR) is 116 cm³/mol. The second-order valence-electron chi connectivity index (χ2n) is 6.80. The Morgan fingerprint density at radius 1 is 1.27 bits per heavy atom. The molecular formula is C20H18ClN3O8S. The van der Waals surface area contributed by atoms with Crippen molar-refractivity contribution in [3.8, 4) is 0 Å². The van der Waals surface area contributed by atoms with Gasteiger partial charge >= 0.3 is 17.9 Å². The van der Waals surface area contributed by atoms with Crippen molar-refractivity contribution in [3.63, 3.8) is 0 Å². The van der Waals surface area contributed by atoms with Gasteiger partial charge in [0.25, 0.3) is 11.8 Å². The fraction of sp³-hybridized carbons (Fsp3) is 0.300. The van der Waals surface area contributed by atoms with Crippen LogP contribution in [0.1, 0.15) is 12.5 Å². The number of nitrogens with one attached hydrogen (secondary N) is 1. The predicted octanol–water partition coefficient (Wildman–Crippen LogP) is 0.474. The Morgan fingerprint density at radius 2 is 1.97 bits per heavy atom. The van der Waals surface area contributed by atoms with Gasteiger partial charge in [-0.2, -0.15) is 0 Å². The van der Waals surface area contributed by atoms with E-state index in [1.807, 2.05) is 0 Å². The number of carbonyl (C=O) groups is 5. The highest BCUT2D eigenvalue weighted by Gasteiger charge is 2.54. The van der Waals surface area contributed by atoms with Crippen LogP contribution in [0, 0.1) is 0 Å². The van der Waals surface area contributed by atoms with Gasteiger partial charge < -0.3 is 20.0 Å². The van der Waals surface area contributed by atoms with Crippen LogP contribution in [0.25, 0.3) is 0 Å². The number of halogens is 1. The molecule has 0 aromatic heterocycles. The van der Waals surface area contributed by atoms with Gasteiger partial charge in [0, 0.05) is 23.8 Å². The number of carboxylic acid groups (broad SMARTS) is 1. The minimum absolute atomic E-state index is 0.183. The van der Waals surface area contributed by atoms with E-state index >= 15 is 0 Å². The van der Waals surface area contributed by atoms with Crippen LogP contribution < -0.4 is 5.32 Å². The molecule has 2 atom stereocenters. The summed E-state index contributed by atoms with van der Waals surface area (Å²) in [5.41, 5.74) is 0.0675. The Bertz CT molecular complexity index is 1060. The molecule has 0 spiro atoms. The molecule has 2 amide bonds. The molecule has 33 heavy (non-hydrogen) atoms. The number of carboxylic acids is 1. The zero-order valence-corrected chi connectivity index (χ0v) is 18.7. The van der Waals surface area contributed by atoms with Gasteiger partial charge in [-0.25, -0.2) is 9.59 Å². The molecule has 1 saturated heterocycles. The summed E-state index contributed by atoms with van der Waals surface area (Å²) in [6, 6.07) is 7.08. The number of β-lactam (4-membered cyclic amide) rings is 1. The molecule has 1 aromatic carbocycles. The third-order valence-corrected chi connectivity index (χ3v) is 6.15. The first kappa shape index (κ1) is 24.3. The number of ether oxygens (including phenoxy) is 1. The Balaban J connectivity index is 1.79. The maximum absolute atomic E-state index is 12.9. The van der Waals surface area contributed by atoms with E-state index < -0.39 is 47.0 Å². The topological polar surface area (TPSA) is 152 Å². The second-order valence-corrected chi connectivity index (χ2v) is 8.17. The zero-order chi connectivity index (χ0) is 24.1. The number of carbonyl (C=O) groups excluding carboxylic acids is 4. The summed E-state index contributed by atoms with van der Waals surface area (Å²) in [7, 11) is 0. The highest BCUT2D eigenvalue weighted by Crippen LogP contribution is 2.40. The number of thioether (sulfide) groups is 1. The summed E-state index contributed by atoms with van der Waals surface area (Å²) in [6.45, 7) is 0.935. The van der Waals surface area contributed by atoms with Gasteiger partial charge in [-0.15, -0.1) is 23.4 Å². The molecule has 2 aliphatic rings. The lowest BCUT2D eigenvalue weighted by molar-refractivity contribution is -0.150. The molecule has 2 aliphatic heterocycles. The molecule has 0 bridgehead atoms. The molecule has 3 rings (SSSR count). The molecule has 11 nitrogen and oxygen atoms in total. The van der Waals surface area contributed by atoms with E-state index in [0.717, 1.165) is 4.90 Å². The molecule has 2 heterocycles. The first-order valence-corrected chi connectivity index (χ1v) is 11.1. The van der Waals surface area contributed by atoms with Crippen molar-refractivity contribution < 1.29 is 38.7 Å². The zero-order valence-electron chi connectivity index (χ0n) is 17.1. The van der Waals surface area contributed by atoms with E-state index in [-0.39, 0.29) is 29.3 Å². The summed E-state index contributed by atoms with van der Waals surface area (Å²) < 4.78 is 4.88. The Labute approximate surface area is 196 Å². The van der Waals surface area contributed by atoms with Crippen molar-refractivity contribution in [2.24, 2.45) is 5.16 Å². The van der Waals surface area contributed by atoms with E-state index in [2.05, 4.69) is 15.3 Å². The van der Waals surface area contributed by atoms with Gasteiger partial charge in [-0.3, -0.25) is 19.3 Å². The quantitative estimate of drug-likeness (QED) is 0.131. The van der Waals surface area contributed by atoms with Crippen LogP contribution in [0.15, 0.2) is 46.8 Å². The van der Waals surface area contributed by atoms with E-state index in [4.69, 9.17) is 16.3 Å². The minimum Gasteiger partial charge on any atom is -0.477 e. The molecular weight excluding hydrogens is 478 g/mol. The van der Waals surface area contributed by atoms with Crippen molar-refractivity contribution in [1.82, 2.24) is 10.2 Å². The van der Waals surface area contributed by atoms with Gasteiger partial charge in [0.15, 0.2) is 5.71 Å². The number of benzene rings is 1. The molecule has 1 aromatic rings. The number of esters is 1. The van der Waals surface area contributed by atoms with Crippen LogP contribution in [0.3, 0.4) is 0 Å². The maximum Gasteiger partial charge on any atom is 0.352 e. The van der Waals surface area contributed by atoms with E-state index in [9.17, 15) is 29.1 Å². The molecule has 174 valence electrons. The van der Waals surface area contributed by atoms with Gasteiger partial charge in [0.05, 0.1) is 0 Å². The number of aliphatic carboxylic acids is 1. The maximum atomic E-state index is 12.9. The van der Waals surface area contributed by atoms with Crippen molar-refractivity contribution in [3.05, 3.63) is 47.2 Å². The number of oxime groups is 1. The van der Waals surface area contributed by atoms with Crippen LogP contribution in [0.5, 0.6) is 0 Å². The summed E-state index contributed by atoms with van der Waals surface area (Å²) in [6.07, 6.45) is 0. The molecule has 0 aliphatic carbocycles. The van der Waals surface area contributed by atoms with Crippen molar-refractivity contribution in [2.75, 3.05) is 18.2 Å². The lowest BCUT2D eigenvalue weighted by Crippen LogP contribution is -2.71. The van der Waals surface area contributed by atoms with Crippen LogP contribution in [-0.2, 0) is 33.5 Å². The summed E-state index contributed by atoms with van der Waals surface area (Å²) in [4.78, 5) is 65.6. The molecule has 0 saturated carbocycles. The fourth-order valence-electron chi connectivity index (χ4n) is 3.13. The summed E-state index contributed by atoms with van der Waals surface area (Å²) >= 11 is 6.60. The smallest absolute Gasteiger partial charge is 0.352 e. The molecule has 2 N–H and O–H groups in total. The largest absolute Gasteiger partial charge is 0.477 e. The van der Waals surface area contributed by atoms with Crippen LogP contribution in [0.4, 0.5) is 0 Å². The number of hydrogen-bond acceptors (Lipinski definition) is 9. The molecule has 0 radical (unpaired) electrons. The van der Waals surface area contributed by atoms with Gasteiger partial charge in [0.2, 0.25) is 0 Å². The normalized spacial score (nSPS) is 19.9. The second kappa shape index (κ2) is 10.5. The highest BCUT2D eigenvalue weighted by atomic mass is 35.5. The minimum atomic E-state index is -1.35. The summed E-state index contributed by atoms with van der Waals surface area (Å²) in [5, 5.41) is 15.0. The van der Waals surface area contributed by atoms with Gasteiger partial charge in [-0.05, 0) is 0 Å². The lowest BCUT2D eigenvalue weighted by atomic mass is 10.0. The Morgan fingerprint density at radius 3 is 2.58 bits per heavy atom. The summed E-state index contributed by atoms with van der Waals surface area (Å²) in [5.74, 6) is -4.53. The standard InChI is InChI=1S/C20H18ClN3O8S/c1-10(25)31-8-12-9-33-19-15(18(28)24(19)16(12)20(29)30)22-17(27)14(23-32-13(26)7-21)11-5-3-2-4-6-11/h2-6,15,19H,7-9H2,1H3,(H,22,27)(H,29,30)/b23-14-/t15-,19-/m1/s1. The lowest BCUT2D eigenvalue weighted by Gasteiger charge is -2.49. The first-order chi connectivity index (χ1) is 15.7. The van der Waals surface area contributed by atoms with E-state index in [1.165, 1.54) is 18.7 Å². The third kappa shape index (κ3) is 5.34. The SMILES string of the molecule is CC(=O)OCC1=C(C(=O)O)N2C(=O)[C@@H](NC(=O)/C(=N\OC(=O)CCl)c3ccccc3)[C@H]2SC1. The third-order valence-electron chi connectivity index (χ3n) is 4.60. The average Bonchev–Trinajstić information content (AvgIpc) is 2.80. The number of rotatable bonds is 8. The van der Waals surface area contributed by atoms with E-state index in [1.54, 1.807) is 30.3 Å². The Hall–Kier alpha value is -3.38. The van der Waals surface area contributed by atoms with Crippen molar-refractivity contribution in [2.45, 2.75) is 18.3 Å².